The maximum atomic E-state index is 13.9. The molecule has 2 atom stereocenters. The third-order valence-electron chi connectivity index (χ3n) is 5.56. The Labute approximate surface area is 155 Å². The minimum Gasteiger partial charge on any atom is -0.353 e. The number of nitrogens with one attached hydrogen (secondary N) is 1. The summed E-state index contributed by atoms with van der Waals surface area (Å²) in [6.07, 6.45) is 5.36. The van der Waals surface area contributed by atoms with Gasteiger partial charge in [0.1, 0.15) is 10.7 Å². The van der Waals surface area contributed by atoms with Gasteiger partial charge in [-0.3, -0.25) is 4.79 Å². The van der Waals surface area contributed by atoms with E-state index in [1.165, 1.54) is 28.9 Å². The fraction of sp³-hybridized carbons (Fsp3) is 0.632. The Balaban J connectivity index is 1.57. The summed E-state index contributed by atoms with van der Waals surface area (Å²) in [5, 5.41) is 3.15. The standard InChI is InChI=1S/C19H27FN2O3S/c1-14-5-4-6-16(13-14)21-19(23)15-9-11-22(12-10-15)26(24,25)18-8-3-2-7-17(18)20/h2-3,7-8,14-16H,4-6,9-13H2,1H3,(H,21,23). The van der Waals surface area contributed by atoms with Crippen LogP contribution in [0.2, 0.25) is 0 Å². The highest BCUT2D eigenvalue weighted by atomic mass is 32.2. The second-order valence-electron chi connectivity index (χ2n) is 7.59. The van der Waals surface area contributed by atoms with E-state index in [0.717, 1.165) is 25.3 Å². The number of piperidine rings is 1. The second-order valence-corrected chi connectivity index (χ2v) is 9.49. The Morgan fingerprint density at radius 1 is 1.15 bits per heavy atom. The fourth-order valence-electron chi connectivity index (χ4n) is 4.04. The van der Waals surface area contributed by atoms with Gasteiger partial charge in [0, 0.05) is 25.0 Å². The van der Waals surface area contributed by atoms with E-state index in [-0.39, 0.29) is 35.9 Å². The molecule has 1 aromatic carbocycles. The minimum atomic E-state index is -3.85. The summed E-state index contributed by atoms with van der Waals surface area (Å²) in [6, 6.07) is 5.66. The lowest BCUT2D eigenvalue weighted by molar-refractivity contribution is -0.127. The summed E-state index contributed by atoms with van der Waals surface area (Å²) in [5.74, 6) is -0.230. The number of amides is 1. The fourth-order valence-corrected chi connectivity index (χ4v) is 5.57. The molecule has 0 spiro atoms. The van der Waals surface area contributed by atoms with Gasteiger partial charge >= 0.3 is 0 Å². The zero-order valence-electron chi connectivity index (χ0n) is 15.2. The largest absolute Gasteiger partial charge is 0.353 e. The first kappa shape index (κ1) is 19.3. The lowest BCUT2D eigenvalue weighted by Crippen LogP contribution is -2.46. The molecule has 144 valence electrons. The van der Waals surface area contributed by atoms with Crippen molar-refractivity contribution in [1.29, 1.82) is 0 Å². The molecule has 2 unspecified atom stereocenters. The zero-order chi connectivity index (χ0) is 18.7. The number of rotatable bonds is 4. The van der Waals surface area contributed by atoms with Crippen molar-refractivity contribution in [2.45, 2.75) is 56.4 Å². The summed E-state index contributed by atoms with van der Waals surface area (Å²) in [4.78, 5) is 12.2. The van der Waals surface area contributed by atoms with Gasteiger partial charge < -0.3 is 5.32 Å². The third kappa shape index (κ3) is 4.26. The van der Waals surface area contributed by atoms with E-state index < -0.39 is 15.8 Å². The molecular weight excluding hydrogens is 355 g/mol. The first-order valence-electron chi connectivity index (χ1n) is 9.43. The lowest BCUT2D eigenvalue weighted by atomic mass is 9.86. The number of halogens is 1. The third-order valence-corrected chi connectivity index (χ3v) is 7.49. The summed E-state index contributed by atoms with van der Waals surface area (Å²) in [5.41, 5.74) is 0. The zero-order valence-corrected chi connectivity index (χ0v) is 16.0. The number of carbonyl (C=O) groups excluding carboxylic acids is 1. The van der Waals surface area contributed by atoms with Crippen LogP contribution in [0.25, 0.3) is 0 Å². The van der Waals surface area contributed by atoms with Crippen LogP contribution in [0.15, 0.2) is 29.2 Å². The van der Waals surface area contributed by atoms with Crippen molar-refractivity contribution >= 4 is 15.9 Å². The lowest BCUT2D eigenvalue weighted by Gasteiger charge is -2.33. The molecule has 2 aliphatic rings. The van der Waals surface area contributed by atoms with Crippen LogP contribution in [-0.2, 0) is 14.8 Å². The molecule has 1 aliphatic carbocycles. The monoisotopic (exact) mass is 382 g/mol. The second kappa shape index (κ2) is 8.05. The van der Waals surface area contributed by atoms with E-state index in [9.17, 15) is 17.6 Å². The Kier molecular flexibility index (Phi) is 5.97. The van der Waals surface area contributed by atoms with Crippen molar-refractivity contribution in [2.75, 3.05) is 13.1 Å². The van der Waals surface area contributed by atoms with Gasteiger partial charge in [-0.2, -0.15) is 4.31 Å². The van der Waals surface area contributed by atoms with Crippen LogP contribution in [0.5, 0.6) is 0 Å². The van der Waals surface area contributed by atoms with Crippen molar-refractivity contribution in [1.82, 2.24) is 9.62 Å². The van der Waals surface area contributed by atoms with Crippen LogP contribution in [0.4, 0.5) is 4.39 Å². The quantitative estimate of drug-likeness (QED) is 0.871. The summed E-state index contributed by atoms with van der Waals surface area (Å²) >= 11 is 0. The molecule has 1 N–H and O–H groups in total. The van der Waals surface area contributed by atoms with Gasteiger partial charge in [-0.25, -0.2) is 12.8 Å². The SMILES string of the molecule is CC1CCCC(NC(=O)C2CCN(S(=O)(=O)c3ccccc3F)CC2)C1. The van der Waals surface area contributed by atoms with Gasteiger partial charge in [-0.1, -0.05) is 31.9 Å². The molecule has 0 aromatic heterocycles. The molecule has 1 saturated carbocycles. The topological polar surface area (TPSA) is 66.5 Å². The van der Waals surface area contributed by atoms with Crippen molar-refractivity contribution in [3.63, 3.8) is 0 Å². The molecule has 3 rings (SSSR count). The molecule has 2 fully saturated rings. The number of carbonyl (C=O) groups is 1. The maximum Gasteiger partial charge on any atom is 0.245 e. The highest BCUT2D eigenvalue weighted by Gasteiger charge is 2.34. The van der Waals surface area contributed by atoms with Crippen molar-refractivity contribution in [3.8, 4) is 0 Å². The maximum absolute atomic E-state index is 13.9. The normalized spacial score (nSPS) is 25.8. The van der Waals surface area contributed by atoms with Crippen LogP contribution >= 0.6 is 0 Å². The average molecular weight is 383 g/mol. The highest BCUT2D eigenvalue weighted by Crippen LogP contribution is 2.27. The van der Waals surface area contributed by atoms with Gasteiger partial charge in [0.25, 0.3) is 0 Å². The van der Waals surface area contributed by atoms with E-state index >= 15 is 0 Å². The number of hydrogen-bond acceptors (Lipinski definition) is 3. The molecule has 1 aromatic rings. The number of benzene rings is 1. The minimum absolute atomic E-state index is 0.0343. The van der Waals surface area contributed by atoms with E-state index in [4.69, 9.17) is 0 Å². The predicted molar refractivity (Wildman–Crippen MR) is 97.4 cm³/mol. The molecular formula is C19H27FN2O3S. The first-order valence-corrected chi connectivity index (χ1v) is 10.9. The first-order chi connectivity index (χ1) is 12.4. The van der Waals surface area contributed by atoms with Crippen molar-refractivity contribution in [3.05, 3.63) is 30.1 Å². The Morgan fingerprint density at radius 2 is 1.85 bits per heavy atom. The molecule has 1 saturated heterocycles. The predicted octanol–water partition coefficient (Wildman–Crippen LogP) is 2.92. The molecule has 0 bridgehead atoms. The van der Waals surface area contributed by atoms with Crippen LogP contribution < -0.4 is 5.32 Å². The van der Waals surface area contributed by atoms with Crippen LogP contribution in [0, 0.1) is 17.7 Å². The van der Waals surface area contributed by atoms with Crippen molar-refractivity contribution < 1.29 is 17.6 Å². The molecule has 0 radical (unpaired) electrons. The molecule has 1 amide bonds. The van der Waals surface area contributed by atoms with E-state index in [0.29, 0.717) is 18.8 Å². The van der Waals surface area contributed by atoms with Crippen LogP contribution in [0.3, 0.4) is 0 Å². The van der Waals surface area contributed by atoms with Gasteiger partial charge in [0.05, 0.1) is 0 Å². The summed E-state index contributed by atoms with van der Waals surface area (Å²) in [6.45, 7) is 2.70. The van der Waals surface area contributed by atoms with Crippen LogP contribution in [-0.4, -0.2) is 37.8 Å². The molecule has 26 heavy (non-hydrogen) atoms. The summed E-state index contributed by atoms with van der Waals surface area (Å²) < 4.78 is 40.4. The number of nitrogens with zero attached hydrogens (tertiary/aromatic N) is 1. The van der Waals surface area contributed by atoms with Crippen molar-refractivity contribution in [2.24, 2.45) is 11.8 Å². The summed E-state index contributed by atoms with van der Waals surface area (Å²) in [7, 11) is -3.85. The number of hydrogen-bond donors (Lipinski definition) is 1. The van der Waals surface area contributed by atoms with E-state index in [1.54, 1.807) is 0 Å². The smallest absolute Gasteiger partial charge is 0.245 e. The Morgan fingerprint density at radius 3 is 2.50 bits per heavy atom. The number of sulfonamides is 1. The van der Waals surface area contributed by atoms with Gasteiger partial charge in [0.2, 0.25) is 15.9 Å². The van der Waals surface area contributed by atoms with E-state index in [1.807, 2.05) is 0 Å². The Bertz CT molecular complexity index is 745. The Hall–Kier alpha value is -1.47. The van der Waals surface area contributed by atoms with Gasteiger partial charge in [-0.15, -0.1) is 0 Å². The van der Waals surface area contributed by atoms with Gasteiger partial charge in [0.15, 0.2) is 0 Å². The van der Waals surface area contributed by atoms with E-state index in [2.05, 4.69) is 12.2 Å². The average Bonchev–Trinajstić information content (AvgIpc) is 2.62. The molecule has 7 heteroatoms. The van der Waals surface area contributed by atoms with Crippen LogP contribution in [0.1, 0.15) is 45.4 Å². The molecule has 5 nitrogen and oxygen atoms in total. The van der Waals surface area contributed by atoms with Gasteiger partial charge in [-0.05, 0) is 43.7 Å². The molecule has 1 aliphatic heterocycles. The molecule has 1 heterocycles. The highest BCUT2D eigenvalue weighted by molar-refractivity contribution is 7.89.